The lowest BCUT2D eigenvalue weighted by Gasteiger charge is -2.38. The standard InChI is InChI=1S/C13H21F3N2O3/c1-11(2,12(3,4)21)17-10(20)8-5-9(19)18(6-8)7-13(14,15)16/h8,21H,5-7H2,1-4H3,(H,17,20). The van der Waals surface area contributed by atoms with E-state index in [1.54, 1.807) is 13.8 Å². The van der Waals surface area contributed by atoms with Crippen molar-refractivity contribution in [1.82, 2.24) is 10.2 Å². The summed E-state index contributed by atoms with van der Waals surface area (Å²) in [7, 11) is 0. The third kappa shape index (κ3) is 4.59. The van der Waals surface area contributed by atoms with Crippen molar-refractivity contribution in [1.29, 1.82) is 0 Å². The van der Waals surface area contributed by atoms with Gasteiger partial charge in [-0.15, -0.1) is 0 Å². The third-order valence-corrected chi connectivity index (χ3v) is 3.92. The SMILES string of the molecule is CC(C)(O)C(C)(C)NC(=O)C1CC(=O)N(CC(F)(F)F)C1. The first-order chi connectivity index (χ1) is 9.23. The largest absolute Gasteiger partial charge is 0.406 e. The predicted octanol–water partition coefficient (Wildman–Crippen LogP) is 1.06. The summed E-state index contributed by atoms with van der Waals surface area (Å²) in [5, 5.41) is 12.5. The Morgan fingerprint density at radius 1 is 1.33 bits per heavy atom. The lowest BCUT2D eigenvalue weighted by Crippen LogP contribution is -2.59. The molecule has 0 aliphatic carbocycles. The quantitative estimate of drug-likeness (QED) is 0.816. The van der Waals surface area contributed by atoms with Gasteiger partial charge in [0.05, 0.1) is 17.1 Å². The number of nitrogens with one attached hydrogen (secondary N) is 1. The Kier molecular flexibility index (Phi) is 4.62. The van der Waals surface area contributed by atoms with Gasteiger partial charge in [-0.25, -0.2) is 0 Å². The molecule has 1 aliphatic rings. The zero-order valence-electron chi connectivity index (χ0n) is 12.5. The van der Waals surface area contributed by atoms with Crippen LogP contribution in [0.1, 0.15) is 34.1 Å². The van der Waals surface area contributed by atoms with Crippen LogP contribution in [0.5, 0.6) is 0 Å². The molecule has 21 heavy (non-hydrogen) atoms. The molecule has 1 aliphatic heterocycles. The van der Waals surface area contributed by atoms with Gasteiger partial charge in [0, 0.05) is 13.0 Å². The minimum Gasteiger partial charge on any atom is -0.388 e. The van der Waals surface area contributed by atoms with Crippen molar-refractivity contribution in [2.45, 2.75) is 51.4 Å². The average molecular weight is 310 g/mol. The number of rotatable bonds is 4. The Bertz CT molecular complexity index is 427. The fourth-order valence-corrected chi connectivity index (χ4v) is 1.88. The minimum atomic E-state index is -4.48. The van der Waals surface area contributed by atoms with Crippen molar-refractivity contribution in [2.75, 3.05) is 13.1 Å². The summed E-state index contributed by atoms with van der Waals surface area (Å²) in [5.41, 5.74) is -2.18. The molecule has 122 valence electrons. The Morgan fingerprint density at radius 3 is 2.29 bits per heavy atom. The number of nitrogens with zero attached hydrogens (tertiary/aromatic N) is 1. The fourth-order valence-electron chi connectivity index (χ4n) is 1.88. The van der Waals surface area contributed by atoms with Crippen molar-refractivity contribution in [3.8, 4) is 0 Å². The van der Waals surface area contributed by atoms with Gasteiger partial charge >= 0.3 is 6.18 Å². The summed E-state index contributed by atoms with van der Waals surface area (Å²) >= 11 is 0. The van der Waals surface area contributed by atoms with E-state index in [2.05, 4.69) is 5.32 Å². The zero-order chi connectivity index (χ0) is 16.6. The highest BCUT2D eigenvalue weighted by molar-refractivity contribution is 5.89. The van der Waals surface area contributed by atoms with E-state index in [1.165, 1.54) is 13.8 Å². The summed E-state index contributed by atoms with van der Waals surface area (Å²) in [4.78, 5) is 24.2. The number of hydrogen-bond donors (Lipinski definition) is 2. The number of aliphatic hydroxyl groups is 1. The van der Waals surface area contributed by atoms with E-state index in [9.17, 15) is 27.9 Å². The second kappa shape index (κ2) is 5.47. The normalized spacial score (nSPS) is 20.9. The Balaban J connectivity index is 2.68. The van der Waals surface area contributed by atoms with Crippen LogP contribution in [-0.2, 0) is 9.59 Å². The van der Waals surface area contributed by atoms with Crippen LogP contribution in [0.2, 0.25) is 0 Å². The maximum absolute atomic E-state index is 12.3. The first-order valence-corrected chi connectivity index (χ1v) is 6.62. The van der Waals surface area contributed by atoms with Gasteiger partial charge in [-0.05, 0) is 27.7 Å². The molecule has 1 heterocycles. The van der Waals surface area contributed by atoms with Crippen LogP contribution in [0.4, 0.5) is 13.2 Å². The second-order valence-corrected chi connectivity index (χ2v) is 6.46. The molecule has 1 rings (SSSR count). The average Bonchev–Trinajstić information content (AvgIpc) is 2.55. The first-order valence-electron chi connectivity index (χ1n) is 6.62. The summed E-state index contributed by atoms with van der Waals surface area (Å²) < 4.78 is 36.9. The molecule has 2 N–H and O–H groups in total. The lowest BCUT2D eigenvalue weighted by molar-refractivity contribution is -0.157. The van der Waals surface area contributed by atoms with Crippen molar-refractivity contribution in [3.05, 3.63) is 0 Å². The second-order valence-electron chi connectivity index (χ2n) is 6.46. The van der Waals surface area contributed by atoms with E-state index in [0.717, 1.165) is 0 Å². The molecular formula is C13H21F3N2O3. The summed E-state index contributed by atoms with van der Waals surface area (Å²) in [6, 6.07) is 0. The van der Waals surface area contributed by atoms with Gasteiger partial charge in [0.25, 0.3) is 0 Å². The van der Waals surface area contributed by atoms with Crippen LogP contribution in [0.25, 0.3) is 0 Å². The number of hydrogen-bond acceptors (Lipinski definition) is 3. The predicted molar refractivity (Wildman–Crippen MR) is 69.3 cm³/mol. The van der Waals surface area contributed by atoms with Crippen LogP contribution in [0.3, 0.4) is 0 Å². The Morgan fingerprint density at radius 2 is 1.86 bits per heavy atom. The van der Waals surface area contributed by atoms with E-state index in [4.69, 9.17) is 0 Å². The highest BCUT2D eigenvalue weighted by atomic mass is 19.4. The monoisotopic (exact) mass is 310 g/mol. The van der Waals surface area contributed by atoms with Crippen LogP contribution in [0.15, 0.2) is 0 Å². The molecule has 0 radical (unpaired) electrons. The number of carbonyl (C=O) groups is 2. The molecule has 1 saturated heterocycles. The molecule has 1 atom stereocenters. The molecule has 5 nitrogen and oxygen atoms in total. The van der Waals surface area contributed by atoms with Crippen molar-refractivity contribution < 1.29 is 27.9 Å². The van der Waals surface area contributed by atoms with E-state index >= 15 is 0 Å². The molecule has 2 amide bonds. The number of alkyl halides is 3. The minimum absolute atomic E-state index is 0.246. The number of amides is 2. The fraction of sp³-hybridized carbons (Fsp3) is 0.846. The number of likely N-dealkylation sites (tertiary alicyclic amines) is 1. The van der Waals surface area contributed by atoms with Crippen LogP contribution in [-0.4, -0.2) is 52.2 Å². The Hall–Kier alpha value is -1.31. The zero-order valence-corrected chi connectivity index (χ0v) is 12.5. The van der Waals surface area contributed by atoms with Crippen LogP contribution >= 0.6 is 0 Å². The summed E-state index contributed by atoms with van der Waals surface area (Å²) in [5.74, 6) is -2.05. The van der Waals surface area contributed by atoms with Gasteiger partial charge in [0.1, 0.15) is 6.54 Å². The molecule has 0 aromatic rings. The Labute approximate surface area is 121 Å². The van der Waals surface area contributed by atoms with Gasteiger partial charge < -0.3 is 15.3 Å². The summed E-state index contributed by atoms with van der Waals surface area (Å²) in [6.07, 6.45) is -4.72. The molecule has 0 bridgehead atoms. The highest BCUT2D eigenvalue weighted by Gasteiger charge is 2.43. The molecule has 0 saturated carbocycles. The van der Waals surface area contributed by atoms with Gasteiger partial charge in [-0.3, -0.25) is 9.59 Å². The topological polar surface area (TPSA) is 69.6 Å². The molecular weight excluding hydrogens is 289 g/mol. The number of halogens is 3. The van der Waals surface area contributed by atoms with Crippen molar-refractivity contribution in [3.63, 3.8) is 0 Å². The van der Waals surface area contributed by atoms with E-state index in [-0.39, 0.29) is 13.0 Å². The lowest BCUT2D eigenvalue weighted by atomic mass is 9.85. The smallest absolute Gasteiger partial charge is 0.388 e. The molecule has 0 spiro atoms. The van der Waals surface area contributed by atoms with E-state index < -0.39 is 41.6 Å². The first kappa shape index (κ1) is 17.7. The third-order valence-electron chi connectivity index (χ3n) is 3.92. The van der Waals surface area contributed by atoms with Crippen LogP contribution < -0.4 is 5.32 Å². The summed E-state index contributed by atoms with van der Waals surface area (Å²) in [6.45, 7) is 4.65. The van der Waals surface area contributed by atoms with Gasteiger partial charge in [-0.2, -0.15) is 13.2 Å². The highest BCUT2D eigenvalue weighted by Crippen LogP contribution is 2.26. The van der Waals surface area contributed by atoms with Crippen molar-refractivity contribution >= 4 is 11.8 Å². The van der Waals surface area contributed by atoms with Gasteiger partial charge in [0.2, 0.25) is 11.8 Å². The maximum Gasteiger partial charge on any atom is 0.406 e. The molecule has 0 aromatic carbocycles. The molecule has 8 heteroatoms. The number of carbonyl (C=O) groups excluding carboxylic acids is 2. The van der Waals surface area contributed by atoms with Gasteiger partial charge in [0.15, 0.2) is 0 Å². The van der Waals surface area contributed by atoms with Crippen molar-refractivity contribution in [2.24, 2.45) is 5.92 Å². The molecule has 1 fully saturated rings. The molecule has 1 unspecified atom stereocenters. The van der Waals surface area contributed by atoms with E-state index in [1.807, 2.05) is 0 Å². The van der Waals surface area contributed by atoms with E-state index in [0.29, 0.717) is 4.90 Å². The maximum atomic E-state index is 12.3. The molecule has 0 aromatic heterocycles. The van der Waals surface area contributed by atoms with Crippen LogP contribution in [0, 0.1) is 5.92 Å². The van der Waals surface area contributed by atoms with Gasteiger partial charge in [-0.1, -0.05) is 0 Å².